The van der Waals surface area contributed by atoms with Crippen molar-refractivity contribution in [3.63, 3.8) is 0 Å². The zero-order chi connectivity index (χ0) is 11.8. The first kappa shape index (κ1) is 13.2. The molecule has 0 amide bonds. The number of aromatic nitrogens is 2. The molecule has 0 spiro atoms. The second kappa shape index (κ2) is 7.41. The molecule has 1 heterocycles. The zero-order valence-corrected chi connectivity index (χ0v) is 10.6. The van der Waals surface area contributed by atoms with Gasteiger partial charge in [0.2, 0.25) is 0 Å². The van der Waals surface area contributed by atoms with Crippen LogP contribution in [0.15, 0.2) is 12.3 Å². The highest BCUT2D eigenvalue weighted by atomic mass is 16.5. The van der Waals surface area contributed by atoms with Gasteiger partial charge in [0.15, 0.2) is 0 Å². The number of unbranched alkanes of at least 4 members (excludes halogenated alkanes) is 1. The van der Waals surface area contributed by atoms with E-state index in [2.05, 4.69) is 35.0 Å². The van der Waals surface area contributed by atoms with Crippen LogP contribution in [-0.4, -0.2) is 29.5 Å². The van der Waals surface area contributed by atoms with Crippen molar-refractivity contribution in [1.82, 2.24) is 15.1 Å². The summed E-state index contributed by atoms with van der Waals surface area (Å²) < 4.78 is 7.10. The molecule has 1 rings (SSSR count). The Bertz CT molecular complexity index is 284. The first-order valence-corrected chi connectivity index (χ1v) is 5.97. The van der Waals surface area contributed by atoms with Gasteiger partial charge in [-0.05, 0) is 18.9 Å². The third-order valence-electron chi connectivity index (χ3n) is 2.46. The van der Waals surface area contributed by atoms with Gasteiger partial charge in [-0.1, -0.05) is 13.8 Å². The fraction of sp³-hybridized carbons (Fsp3) is 0.750. The van der Waals surface area contributed by atoms with E-state index in [1.165, 1.54) is 5.69 Å². The van der Waals surface area contributed by atoms with Crippen molar-refractivity contribution in [2.24, 2.45) is 0 Å². The molecule has 0 aliphatic carbocycles. The van der Waals surface area contributed by atoms with E-state index < -0.39 is 0 Å². The highest BCUT2D eigenvalue weighted by Crippen LogP contribution is 2.02. The number of nitrogens with zero attached hydrogens (tertiary/aromatic N) is 2. The molecule has 0 fully saturated rings. The van der Waals surface area contributed by atoms with Crippen molar-refractivity contribution >= 4 is 0 Å². The Morgan fingerprint density at radius 1 is 1.44 bits per heavy atom. The average molecular weight is 225 g/mol. The molecule has 92 valence electrons. The van der Waals surface area contributed by atoms with E-state index in [0.717, 1.165) is 32.5 Å². The smallest absolute Gasteiger partial charge is 0.0522 e. The third kappa shape index (κ3) is 4.77. The maximum Gasteiger partial charge on any atom is 0.0522 e. The second-order valence-electron chi connectivity index (χ2n) is 4.28. The minimum atomic E-state index is 0.511. The molecule has 0 atom stereocenters. The Morgan fingerprint density at radius 3 is 2.94 bits per heavy atom. The van der Waals surface area contributed by atoms with Crippen molar-refractivity contribution in [3.8, 4) is 0 Å². The predicted octanol–water partition coefficient (Wildman–Crippen LogP) is 1.81. The van der Waals surface area contributed by atoms with Gasteiger partial charge >= 0.3 is 0 Å². The lowest BCUT2D eigenvalue weighted by molar-refractivity contribution is 0.190. The lowest BCUT2D eigenvalue weighted by Crippen LogP contribution is -2.23. The van der Waals surface area contributed by atoms with Gasteiger partial charge in [-0.15, -0.1) is 0 Å². The van der Waals surface area contributed by atoms with Crippen LogP contribution in [0.3, 0.4) is 0 Å². The summed E-state index contributed by atoms with van der Waals surface area (Å²) in [6, 6.07) is 2.59. The van der Waals surface area contributed by atoms with E-state index in [4.69, 9.17) is 4.74 Å². The molecule has 0 aromatic carbocycles. The molecule has 0 unspecified atom stereocenters. The van der Waals surface area contributed by atoms with E-state index in [-0.39, 0.29) is 0 Å². The second-order valence-corrected chi connectivity index (χ2v) is 4.28. The van der Waals surface area contributed by atoms with Crippen molar-refractivity contribution in [2.45, 2.75) is 45.8 Å². The van der Waals surface area contributed by atoms with Gasteiger partial charge in [0, 0.05) is 39.0 Å². The van der Waals surface area contributed by atoms with Crippen molar-refractivity contribution < 1.29 is 4.74 Å². The lowest BCUT2D eigenvalue weighted by Gasteiger charge is -2.10. The van der Waals surface area contributed by atoms with Crippen molar-refractivity contribution in [1.29, 1.82) is 0 Å². The number of methoxy groups -OCH3 is 1. The molecular formula is C12H23N3O. The van der Waals surface area contributed by atoms with Crippen molar-refractivity contribution in [2.75, 3.05) is 13.7 Å². The Labute approximate surface area is 98.0 Å². The molecule has 1 aromatic heterocycles. The normalized spacial score (nSPS) is 11.2. The van der Waals surface area contributed by atoms with Gasteiger partial charge in [0.25, 0.3) is 0 Å². The van der Waals surface area contributed by atoms with Crippen molar-refractivity contribution in [3.05, 3.63) is 18.0 Å². The SMILES string of the molecule is COCCCCn1nccc1CNC(C)C. The third-order valence-corrected chi connectivity index (χ3v) is 2.46. The van der Waals surface area contributed by atoms with Crippen LogP contribution in [0, 0.1) is 0 Å². The van der Waals surface area contributed by atoms with Gasteiger partial charge in [0.1, 0.15) is 0 Å². The van der Waals surface area contributed by atoms with E-state index in [1.807, 2.05) is 6.20 Å². The summed E-state index contributed by atoms with van der Waals surface area (Å²) in [6.45, 7) is 7.01. The maximum absolute atomic E-state index is 5.03. The number of nitrogens with one attached hydrogen (secondary N) is 1. The van der Waals surface area contributed by atoms with Crippen LogP contribution in [0.2, 0.25) is 0 Å². The van der Waals surface area contributed by atoms with E-state index in [9.17, 15) is 0 Å². The van der Waals surface area contributed by atoms with Gasteiger partial charge in [0.05, 0.1) is 5.69 Å². The molecule has 0 radical (unpaired) electrons. The minimum absolute atomic E-state index is 0.511. The summed E-state index contributed by atoms with van der Waals surface area (Å²) >= 11 is 0. The highest BCUT2D eigenvalue weighted by molar-refractivity contribution is 5.00. The van der Waals surface area contributed by atoms with E-state index in [1.54, 1.807) is 7.11 Å². The van der Waals surface area contributed by atoms with Crippen LogP contribution in [0.4, 0.5) is 0 Å². The Kier molecular flexibility index (Phi) is 6.11. The van der Waals surface area contributed by atoms with Crippen LogP contribution in [0.25, 0.3) is 0 Å². The fourth-order valence-electron chi connectivity index (χ4n) is 1.53. The standard InChI is InChI=1S/C12H23N3O/c1-11(2)13-10-12-6-7-14-15(12)8-4-5-9-16-3/h6-7,11,13H,4-5,8-10H2,1-3H3. The quantitative estimate of drug-likeness (QED) is 0.686. The van der Waals surface area contributed by atoms with Gasteiger partial charge in [-0.3, -0.25) is 4.68 Å². The number of ether oxygens (including phenoxy) is 1. The first-order valence-electron chi connectivity index (χ1n) is 5.97. The summed E-state index contributed by atoms with van der Waals surface area (Å²) in [6.07, 6.45) is 4.07. The van der Waals surface area contributed by atoms with E-state index >= 15 is 0 Å². The molecule has 1 N–H and O–H groups in total. The maximum atomic E-state index is 5.03. The van der Waals surface area contributed by atoms with Crippen LogP contribution in [0.5, 0.6) is 0 Å². The molecule has 4 heteroatoms. The highest BCUT2D eigenvalue weighted by Gasteiger charge is 2.02. The fourth-order valence-corrected chi connectivity index (χ4v) is 1.53. The van der Waals surface area contributed by atoms with E-state index in [0.29, 0.717) is 6.04 Å². The Morgan fingerprint density at radius 2 is 2.25 bits per heavy atom. The molecule has 1 aromatic rings. The van der Waals surface area contributed by atoms with Crippen LogP contribution in [0.1, 0.15) is 32.4 Å². The monoisotopic (exact) mass is 225 g/mol. The summed E-state index contributed by atoms with van der Waals surface area (Å²) in [4.78, 5) is 0. The van der Waals surface area contributed by atoms with Crippen LogP contribution in [-0.2, 0) is 17.8 Å². The number of rotatable bonds is 8. The minimum Gasteiger partial charge on any atom is -0.385 e. The summed E-state index contributed by atoms with van der Waals surface area (Å²) in [7, 11) is 1.74. The number of hydrogen-bond donors (Lipinski definition) is 1. The Hall–Kier alpha value is -0.870. The van der Waals surface area contributed by atoms with Crippen LogP contribution >= 0.6 is 0 Å². The number of aryl methyl sites for hydroxylation is 1. The summed E-state index contributed by atoms with van der Waals surface area (Å²) in [5.74, 6) is 0. The molecule has 16 heavy (non-hydrogen) atoms. The Balaban J connectivity index is 2.32. The molecule has 0 aliphatic heterocycles. The summed E-state index contributed by atoms with van der Waals surface area (Å²) in [5, 5.41) is 7.73. The molecule has 4 nitrogen and oxygen atoms in total. The largest absolute Gasteiger partial charge is 0.385 e. The average Bonchev–Trinajstić information content (AvgIpc) is 2.69. The molecular weight excluding hydrogens is 202 g/mol. The molecule has 0 saturated heterocycles. The summed E-state index contributed by atoms with van der Waals surface area (Å²) in [5.41, 5.74) is 1.26. The van der Waals surface area contributed by atoms with Gasteiger partial charge in [-0.25, -0.2) is 0 Å². The molecule has 0 bridgehead atoms. The topological polar surface area (TPSA) is 39.1 Å². The number of hydrogen-bond acceptors (Lipinski definition) is 3. The molecule has 0 saturated carbocycles. The van der Waals surface area contributed by atoms with Crippen LogP contribution < -0.4 is 5.32 Å². The van der Waals surface area contributed by atoms with Gasteiger partial charge < -0.3 is 10.1 Å². The molecule has 0 aliphatic rings. The first-order chi connectivity index (χ1) is 7.74. The van der Waals surface area contributed by atoms with Gasteiger partial charge in [-0.2, -0.15) is 5.10 Å². The zero-order valence-electron chi connectivity index (χ0n) is 10.6. The predicted molar refractivity (Wildman–Crippen MR) is 65.3 cm³/mol. The lowest BCUT2D eigenvalue weighted by atomic mass is 10.3.